The van der Waals surface area contributed by atoms with Gasteiger partial charge in [0.25, 0.3) is 0 Å². The van der Waals surface area contributed by atoms with Gasteiger partial charge < -0.3 is 9.32 Å². The summed E-state index contributed by atoms with van der Waals surface area (Å²) in [6, 6.07) is 54.9. The van der Waals surface area contributed by atoms with Gasteiger partial charge in [-0.3, -0.25) is 8.97 Å². The molecule has 0 spiro atoms. The molecule has 0 saturated carbocycles. The molecule has 3 aromatic heterocycles. The van der Waals surface area contributed by atoms with Gasteiger partial charge in [0.05, 0.1) is 16.6 Å². The lowest BCUT2D eigenvalue weighted by molar-refractivity contribution is 0.641. The molecule has 0 aliphatic heterocycles. The van der Waals surface area contributed by atoms with Gasteiger partial charge in [-0.05, 0) is 60.7 Å². The highest BCUT2D eigenvalue weighted by molar-refractivity contribution is 6.09. The normalized spacial score (nSPS) is 11.6. The maximum Gasteiger partial charge on any atom is 0.309 e. The fraction of sp³-hybridized carbons (Fsp3) is 0. The maximum atomic E-state index is 6.33. The van der Waals surface area contributed by atoms with Gasteiger partial charge in [0, 0.05) is 33.4 Å². The molecule has 0 amide bonds. The van der Waals surface area contributed by atoms with Crippen molar-refractivity contribution >= 4 is 55.8 Å². The Bertz CT molecular complexity index is 2340. The lowest BCUT2D eigenvalue weighted by atomic mass is 10.1. The minimum atomic E-state index is 0.567. The van der Waals surface area contributed by atoms with Crippen LogP contribution in [-0.2, 0) is 0 Å². The quantitative estimate of drug-likeness (QED) is 0.208. The number of rotatable bonds is 5. The molecule has 6 aromatic carbocycles. The summed E-state index contributed by atoms with van der Waals surface area (Å²) < 4.78 is 10.7. The van der Waals surface area contributed by atoms with E-state index in [2.05, 4.69) is 141 Å². The molecule has 0 N–H and O–H groups in total. The van der Waals surface area contributed by atoms with E-state index in [9.17, 15) is 0 Å². The van der Waals surface area contributed by atoms with E-state index in [-0.39, 0.29) is 0 Å². The Morgan fingerprint density at radius 1 is 0.477 bits per heavy atom. The summed E-state index contributed by atoms with van der Waals surface area (Å²) in [5.74, 6) is 1.40. The Hall–Kier alpha value is -6.07. The Kier molecular flexibility index (Phi) is 5.43. The van der Waals surface area contributed by atoms with Crippen LogP contribution in [0.25, 0.3) is 55.8 Å². The van der Waals surface area contributed by atoms with Crippen molar-refractivity contribution in [1.82, 2.24) is 14.0 Å². The van der Waals surface area contributed by atoms with Crippen molar-refractivity contribution in [2.45, 2.75) is 0 Å². The first-order valence-corrected chi connectivity index (χ1v) is 14.7. The van der Waals surface area contributed by atoms with Crippen molar-refractivity contribution in [3.63, 3.8) is 0 Å². The number of nitrogens with zero attached hydrogens (tertiary/aromatic N) is 4. The number of anilines is 3. The van der Waals surface area contributed by atoms with Crippen LogP contribution in [0.3, 0.4) is 0 Å². The Balaban J connectivity index is 1.30. The molecule has 44 heavy (non-hydrogen) atoms. The molecule has 0 bridgehead atoms. The van der Waals surface area contributed by atoms with Crippen LogP contribution in [-0.4, -0.2) is 14.0 Å². The summed E-state index contributed by atoms with van der Waals surface area (Å²) in [5.41, 5.74) is 9.31. The number of oxazole rings is 1. The van der Waals surface area contributed by atoms with Gasteiger partial charge in [0.2, 0.25) is 0 Å². The van der Waals surface area contributed by atoms with E-state index in [0.29, 0.717) is 5.84 Å². The van der Waals surface area contributed by atoms with Crippen LogP contribution < -0.4 is 4.90 Å². The lowest BCUT2D eigenvalue weighted by Gasteiger charge is -2.25. The average Bonchev–Trinajstić information content (AvgIpc) is 3.74. The maximum absolute atomic E-state index is 6.33. The van der Waals surface area contributed by atoms with Gasteiger partial charge in [-0.25, -0.2) is 0 Å². The van der Waals surface area contributed by atoms with E-state index >= 15 is 0 Å². The summed E-state index contributed by atoms with van der Waals surface area (Å²) in [5, 5.41) is 2.39. The smallest absolute Gasteiger partial charge is 0.309 e. The van der Waals surface area contributed by atoms with Crippen molar-refractivity contribution in [1.29, 1.82) is 0 Å². The van der Waals surface area contributed by atoms with Crippen LogP contribution in [0.4, 0.5) is 17.1 Å². The fourth-order valence-electron chi connectivity index (χ4n) is 6.44. The third kappa shape index (κ3) is 3.69. The van der Waals surface area contributed by atoms with Crippen molar-refractivity contribution in [3.05, 3.63) is 158 Å². The summed E-state index contributed by atoms with van der Waals surface area (Å²) >= 11 is 0. The van der Waals surface area contributed by atoms with Crippen molar-refractivity contribution < 1.29 is 4.42 Å². The van der Waals surface area contributed by atoms with Crippen molar-refractivity contribution in [2.75, 3.05) is 4.90 Å². The second kappa shape index (κ2) is 9.75. The highest BCUT2D eigenvalue weighted by Crippen LogP contribution is 2.40. The molecule has 0 aliphatic carbocycles. The first kappa shape index (κ1) is 24.5. The van der Waals surface area contributed by atoms with E-state index in [1.807, 2.05) is 30.3 Å². The van der Waals surface area contributed by atoms with Gasteiger partial charge in [-0.1, -0.05) is 97.1 Å². The summed E-state index contributed by atoms with van der Waals surface area (Å²) in [4.78, 5) is 7.45. The number of benzene rings is 6. The molecule has 0 atom stereocenters. The molecule has 9 rings (SSSR count). The standard InChI is InChI=1S/C39H26N4O/c1-3-13-28(14-4-1)41(29-15-5-2-6-16-29)30-25-23-27(24-26-30)37-38(40-39-43(37)35-21-11-12-22-36(35)44-39)42-33-19-9-7-17-31(33)32-18-8-10-20-34(32)42/h1-26H. The number of aromatic nitrogens is 3. The number of hydrogen-bond acceptors (Lipinski definition) is 3. The van der Waals surface area contributed by atoms with Crippen LogP contribution in [0.15, 0.2) is 162 Å². The van der Waals surface area contributed by atoms with Crippen LogP contribution >= 0.6 is 0 Å². The topological polar surface area (TPSA) is 38.6 Å². The predicted molar refractivity (Wildman–Crippen MR) is 179 cm³/mol. The Morgan fingerprint density at radius 3 is 1.59 bits per heavy atom. The molecular weight excluding hydrogens is 540 g/mol. The van der Waals surface area contributed by atoms with Crippen LogP contribution in [0.2, 0.25) is 0 Å². The number of para-hydroxylation sites is 6. The molecule has 5 nitrogen and oxygen atoms in total. The largest absolute Gasteiger partial charge is 0.423 e. The molecule has 0 aliphatic rings. The zero-order valence-electron chi connectivity index (χ0n) is 23.7. The minimum absolute atomic E-state index is 0.567. The predicted octanol–water partition coefficient (Wildman–Crippen LogP) is 10.3. The molecule has 0 radical (unpaired) electrons. The van der Waals surface area contributed by atoms with Gasteiger partial charge in [-0.2, -0.15) is 4.98 Å². The van der Waals surface area contributed by atoms with Crippen molar-refractivity contribution in [2.24, 2.45) is 0 Å². The first-order chi connectivity index (χ1) is 21.8. The van der Waals surface area contributed by atoms with Crippen molar-refractivity contribution in [3.8, 4) is 17.1 Å². The molecule has 0 unspecified atom stereocenters. The molecule has 5 heteroatoms. The minimum Gasteiger partial charge on any atom is -0.423 e. The molecule has 9 aromatic rings. The monoisotopic (exact) mass is 566 g/mol. The van der Waals surface area contributed by atoms with Crippen LogP contribution in [0.1, 0.15) is 0 Å². The Morgan fingerprint density at radius 2 is 0.977 bits per heavy atom. The van der Waals surface area contributed by atoms with Gasteiger partial charge >= 0.3 is 5.84 Å². The second-order valence-corrected chi connectivity index (χ2v) is 10.9. The molecule has 208 valence electrons. The van der Waals surface area contributed by atoms with E-state index in [4.69, 9.17) is 9.40 Å². The first-order valence-electron chi connectivity index (χ1n) is 14.7. The number of fused-ring (bicyclic) bond motifs is 6. The van der Waals surface area contributed by atoms with Crippen LogP contribution in [0.5, 0.6) is 0 Å². The highest BCUT2D eigenvalue weighted by atomic mass is 16.4. The SMILES string of the molecule is c1ccc(N(c2ccccc2)c2ccc(-c3c(-n4c5ccccc5c5ccccc54)nc4oc5ccccc5n34)cc2)cc1. The third-order valence-electron chi connectivity index (χ3n) is 8.36. The average molecular weight is 567 g/mol. The fourth-order valence-corrected chi connectivity index (χ4v) is 6.44. The van der Waals surface area contributed by atoms with E-state index in [1.165, 1.54) is 10.8 Å². The molecule has 0 fully saturated rings. The second-order valence-electron chi connectivity index (χ2n) is 10.9. The highest BCUT2D eigenvalue weighted by Gasteiger charge is 2.24. The summed E-state index contributed by atoms with van der Waals surface area (Å²) in [7, 11) is 0. The Labute approximate surface area is 253 Å². The zero-order valence-corrected chi connectivity index (χ0v) is 23.7. The van der Waals surface area contributed by atoms with Gasteiger partial charge in [0.1, 0.15) is 5.69 Å². The van der Waals surface area contributed by atoms with E-state index in [0.717, 1.165) is 56.3 Å². The third-order valence-corrected chi connectivity index (χ3v) is 8.36. The van der Waals surface area contributed by atoms with E-state index < -0.39 is 0 Å². The lowest BCUT2D eigenvalue weighted by Crippen LogP contribution is -2.09. The number of imidazole rings is 1. The molecular formula is C39H26N4O. The summed E-state index contributed by atoms with van der Waals surface area (Å²) in [6.07, 6.45) is 0. The molecule has 3 heterocycles. The van der Waals surface area contributed by atoms with Gasteiger partial charge in [-0.15, -0.1) is 0 Å². The van der Waals surface area contributed by atoms with Gasteiger partial charge in [0.15, 0.2) is 11.4 Å². The van der Waals surface area contributed by atoms with Crippen LogP contribution in [0, 0.1) is 0 Å². The van der Waals surface area contributed by atoms with E-state index in [1.54, 1.807) is 0 Å². The summed E-state index contributed by atoms with van der Waals surface area (Å²) in [6.45, 7) is 0. The number of hydrogen-bond donors (Lipinski definition) is 0. The zero-order chi connectivity index (χ0) is 29.0. The molecule has 0 saturated heterocycles.